The zero-order chi connectivity index (χ0) is 13.7. The molecule has 0 bridgehead atoms. The minimum atomic E-state index is -0.0284. The van der Waals surface area contributed by atoms with Crippen molar-refractivity contribution < 1.29 is 4.74 Å². The zero-order valence-electron chi connectivity index (χ0n) is 11.3. The first-order chi connectivity index (χ1) is 9.27. The predicted octanol–water partition coefficient (Wildman–Crippen LogP) is 3.40. The largest absolute Gasteiger partial charge is 0.493 e. The number of hydrazine groups is 1. The van der Waals surface area contributed by atoms with Crippen LogP contribution in [0.4, 0.5) is 0 Å². The number of thiophene rings is 1. The van der Waals surface area contributed by atoms with Gasteiger partial charge in [-0.05, 0) is 41.3 Å². The molecule has 19 heavy (non-hydrogen) atoms. The molecule has 0 amide bonds. The number of benzene rings is 1. The summed E-state index contributed by atoms with van der Waals surface area (Å²) in [5.74, 6) is 6.66. The number of nitrogens with one attached hydrogen (secondary N) is 1. The highest BCUT2D eigenvalue weighted by Crippen LogP contribution is 2.32. The van der Waals surface area contributed by atoms with Crippen LogP contribution in [0.15, 0.2) is 35.0 Å². The first-order valence-electron chi connectivity index (χ1n) is 6.48. The van der Waals surface area contributed by atoms with E-state index in [-0.39, 0.29) is 6.04 Å². The van der Waals surface area contributed by atoms with E-state index in [1.54, 1.807) is 11.3 Å². The highest BCUT2D eigenvalue weighted by atomic mass is 32.1. The molecule has 2 aromatic rings. The third-order valence-corrected chi connectivity index (χ3v) is 3.94. The van der Waals surface area contributed by atoms with Crippen molar-refractivity contribution in [3.63, 3.8) is 0 Å². The molecule has 0 radical (unpaired) electrons. The van der Waals surface area contributed by atoms with Gasteiger partial charge in [0.25, 0.3) is 0 Å². The standard InChI is InChI=1S/C15H20N2OS/c1-3-8-18-14-7-5-4-6-12(14)15(17-16)13-10-19-9-11(13)2/h4-7,9-10,15,17H,3,8,16H2,1-2H3. The van der Waals surface area contributed by atoms with Gasteiger partial charge < -0.3 is 4.74 Å². The summed E-state index contributed by atoms with van der Waals surface area (Å²) in [4.78, 5) is 0. The molecule has 0 aliphatic rings. The minimum Gasteiger partial charge on any atom is -0.493 e. The van der Waals surface area contributed by atoms with Crippen molar-refractivity contribution in [2.24, 2.45) is 5.84 Å². The van der Waals surface area contributed by atoms with Crippen molar-refractivity contribution >= 4 is 11.3 Å². The van der Waals surface area contributed by atoms with E-state index in [1.165, 1.54) is 11.1 Å². The maximum Gasteiger partial charge on any atom is 0.124 e. The molecular formula is C15H20N2OS. The maximum atomic E-state index is 5.81. The van der Waals surface area contributed by atoms with Gasteiger partial charge in [-0.15, -0.1) is 0 Å². The smallest absolute Gasteiger partial charge is 0.124 e. The molecule has 4 heteroatoms. The Balaban J connectivity index is 2.35. The molecule has 102 valence electrons. The number of para-hydroxylation sites is 1. The molecule has 1 unspecified atom stereocenters. The van der Waals surface area contributed by atoms with Crippen LogP contribution in [-0.2, 0) is 0 Å². The molecule has 0 saturated carbocycles. The van der Waals surface area contributed by atoms with Crippen LogP contribution in [0.5, 0.6) is 5.75 Å². The summed E-state index contributed by atoms with van der Waals surface area (Å²) in [5.41, 5.74) is 6.45. The second-order valence-corrected chi connectivity index (χ2v) is 5.24. The van der Waals surface area contributed by atoms with E-state index in [9.17, 15) is 0 Å². The molecular weight excluding hydrogens is 256 g/mol. The Labute approximate surface area is 118 Å². The molecule has 1 aromatic heterocycles. The van der Waals surface area contributed by atoms with E-state index < -0.39 is 0 Å². The second kappa shape index (κ2) is 6.70. The van der Waals surface area contributed by atoms with Crippen LogP contribution < -0.4 is 16.0 Å². The van der Waals surface area contributed by atoms with Gasteiger partial charge in [-0.25, -0.2) is 5.43 Å². The van der Waals surface area contributed by atoms with Crippen molar-refractivity contribution in [1.82, 2.24) is 5.43 Å². The van der Waals surface area contributed by atoms with Crippen LogP contribution in [0.25, 0.3) is 0 Å². The summed E-state index contributed by atoms with van der Waals surface area (Å²) < 4.78 is 5.81. The number of ether oxygens (including phenoxy) is 1. The molecule has 0 aliphatic heterocycles. The number of aryl methyl sites for hydroxylation is 1. The van der Waals surface area contributed by atoms with Crippen molar-refractivity contribution in [3.8, 4) is 5.75 Å². The Bertz CT molecular complexity index is 524. The summed E-state index contributed by atoms with van der Waals surface area (Å²) in [6.07, 6.45) is 0.993. The Morgan fingerprint density at radius 3 is 2.68 bits per heavy atom. The number of nitrogens with two attached hydrogens (primary N) is 1. The van der Waals surface area contributed by atoms with Crippen LogP contribution in [0.1, 0.15) is 36.1 Å². The number of hydrogen-bond acceptors (Lipinski definition) is 4. The van der Waals surface area contributed by atoms with Gasteiger partial charge in [0.1, 0.15) is 5.75 Å². The van der Waals surface area contributed by atoms with Gasteiger partial charge in [-0.2, -0.15) is 11.3 Å². The maximum absolute atomic E-state index is 5.81. The van der Waals surface area contributed by atoms with Crippen LogP contribution in [0, 0.1) is 6.92 Å². The zero-order valence-corrected chi connectivity index (χ0v) is 12.2. The fourth-order valence-corrected chi connectivity index (χ4v) is 2.95. The summed E-state index contributed by atoms with van der Waals surface area (Å²) in [7, 11) is 0. The molecule has 0 spiro atoms. The average molecular weight is 276 g/mol. The average Bonchev–Trinajstić information content (AvgIpc) is 2.85. The van der Waals surface area contributed by atoms with E-state index in [0.717, 1.165) is 24.3 Å². The number of rotatable bonds is 6. The Morgan fingerprint density at radius 1 is 1.26 bits per heavy atom. The normalized spacial score (nSPS) is 12.4. The van der Waals surface area contributed by atoms with Crippen LogP contribution >= 0.6 is 11.3 Å². The third-order valence-electron chi connectivity index (χ3n) is 3.06. The molecule has 0 aliphatic carbocycles. The molecule has 3 N–H and O–H groups in total. The Hall–Kier alpha value is -1.36. The van der Waals surface area contributed by atoms with E-state index in [0.29, 0.717) is 0 Å². The van der Waals surface area contributed by atoms with Gasteiger partial charge in [-0.3, -0.25) is 5.84 Å². The summed E-state index contributed by atoms with van der Waals surface area (Å²) >= 11 is 1.69. The van der Waals surface area contributed by atoms with Gasteiger partial charge in [0, 0.05) is 5.56 Å². The van der Waals surface area contributed by atoms with Crippen molar-refractivity contribution in [1.29, 1.82) is 0 Å². The molecule has 3 nitrogen and oxygen atoms in total. The van der Waals surface area contributed by atoms with Gasteiger partial charge in [0.2, 0.25) is 0 Å². The lowest BCUT2D eigenvalue weighted by Crippen LogP contribution is -2.29. The third kappa shape index (κ3) is 3.15. The van der Waals surface area contributed by atoms with Crippen LogP contribution in [-0.4, -0.2) is 6.61 Å². The minimum absolute atomic E-state index is 0.0284. The lowest BCUT2D eigenvalue weighted by molar-refractivity contribution is 0.311. The quantitative estimate of drug-likeness (QED) is 0.628. The summed E-state index contributed by atoms with van der Waals surface area (Å²) in [6.45, 7) is 4.92. The van der Waals surface area contributed by atoms with Gasteiger partial charge in [0.15, 0.2) is 0 Å². The number of hydrogen-bond donors (Lipinski definition) is 2. The topological polar surface area (TPSA) is 47.3 Å². The second-order valence-electron chi connectivity index (χ2n) is 4.50. The van der Waals surface area contributed by atoms with Crippen LogP contribution in [0.2, 0.25) is 0 Å². The predicted molar refractivity (Wildman–Crippen MR) is 80.5 cm³/mol. The van der Waals surface area contributed by atoms with Crippen LogP contribution in [0.3, 0.4) is 0 Å². The molecule has 1 atom stereocenters. The van der Waals surface area contributed by atoms with E-state index >= 15 is 0 Å². The molecule has 0 fully saturated rings. The first-order valence-corrected chi connectivity index (χ1v) is 7.42. The van der Waals surface area contributed by atoms with E-state index in [1.807, 2.05) is 18.2 Å². The highest BCUT2D eigenvalue weighted by Gasteiger charge is 2.19. The fourth-order valence-electron chi connectivity index (χ4n) is 2.08. The lowest BCUT2D eigenvalue weighted by Gasteiger charge is -2.20. The molecule has 1 aromatic carbocycles. The molecule has 2 rings (SSSR count). The van der Waals surface area contributed by atoms with Crippen molar-refractivity contribution in [2.75, 3.05) is 6.61 Å². The SMILES string of the molecule is CCCOc1ccccc1C(NN)c1cscc1C. The Kier molecular flexibility index (Phi) is 4.96. The fraction of sp³-hybridized carbons (Fsp3) is 0.333. The van der Waals surface area contributed by atoms with Gasteiger partial charge >= 0.3 is 0 Å². The Morgan fingerprint density at radius 2 is 2.05 bits per heavy atom. The van der Waals surface area contributed by atoms with Gasteiger partial charge in [0.05, 0.1) is 12.6 Å². The van der Waals surface area contributed by atoms with Crippen molar-refractivity contribution in [2.45, 2.75) is 26.3 Å². The summed E-state index contributed by atoms with van der Waals surface area (Å²) in [6, 6.07) is 8.03. The monoisotopic (exact) mass is 276 g/mol. The van der Waals surface area contributed by atoms with Gasteiger partial charge in [-0.1, -0.05) is 25.1 Å². The molecule has 1 heterocycles. The highest BCUT2D eigenvalue weighted by molar-refractivity contribution is 7.08. The van der Waals surface area contributed by atoms with E-state index in [2.05, 4.69) is 36.1 Å². The first kappa shape index (κ1) is 14.1. The summed E-state index contributed by atoms with van der Waals surface area (Å²) in [5, 5.41) is 4.27. The van der Waals surface area contributed by atoms with E-state index in [4.69, 9.17) is 10.6 Å². The van der Waals surface area contributed by atoms with Crippen molar-refractivity contribution in [3.05, 3.63) is 51.7 Å². The lowest BCUT2D eigenvalue weighted by atomic mass is 9.98. The molecule has 0 saturated heterocycles.